The van der Waals surface area contributed by atoms with Gasteiger partial charge in [-0.25, -0.2) is 0 Å². The van der Waals surface area contributed by atoms with Crippen LogP contribution in [-0.2, 0) is 0 Å². The van der Waals surface area contributed by atoms with Crippen LogP contribution in [0.1, 0.15) is 45.2 Å². The molecule has 102 valence electrons. The molecule has 0 aliphatic carbocycles. The minimum atomic E-state index is 0.435. The van der Waals surface area contributed by atoms with Crippen LogP contribution in [0.2, 0.25) is 0 Å². The SMILES string of the molecule is CCCNC(CN(C)C(C)CC)c1ccccc1. The summed E-state index contributed by atoms with van der Waals surface area (Å²) in [4.78, 5) is 2.44. The Morgan fingerprint density at radius 1 is 1.17 bits per heavy atom. The second-order valence-electron chi connectivity index (χ2n) is 5.11. The predicted octanol–water partition coefficient (Wildman–Crippen LogP) is 3.46. The Morgan fingerprint density at radius 3 is 2.39 bits per heavy atom. The van der Waals surface area contributed by atoms with Crippen molar-refractivity contribution in [1.29, 1.82) is 0 Å². The van der Waals surface area contributed by atoms with Crippen LogP contribution in [0.3, 0.4) is 0 Å². The molecule has 1 N–H and O–H groups in total. The minimum Gasteiger partial charge on any atom is -0.309 e. The molecule has 0 spiro atoms. The first-order valence-corrected chi connectivity index (χ1v) is 7.17. The number of hydrogen-bond acceptors (Lipinski definition) is 2. The highest BCUT2D eigenvalue weighted by Crippen LogP contribution is 2.15. The lowest BCUT2D eigenvalue weighted by Gasteiger charge is -2.29. The number of benzene rings is 1. The molecule has 18 heavy (non-hydrogen) atoms. The Balaban J connectivity index is 2.67. The van der Waals surface area contributed by atoms with Gasteiger partial charge in [-0.15, -0.1) is 0 Å². The first-order valence-electron chi connectivity index (χ1n) is 7.17. The molecule has 0 amide bonds. The fourth-order valence-electron chi connectivity index (χ4n) is 2.07. The molecule has 0 radical (unpaired) electrons. The molecule has 0 saturated carbocycles. The van der Waals surface area contributed by atoms with Crippen LogP contribution in [0, 0.1) is 0 Å². The Hall–Kier alpha value is -0.860. The molecule has 1 aromatic carbocycles. The standard InChI is InChI=1S/C16H28N2/c1-5-12-17-16(13-18(4)14(3)6-2)15-10-8-7-9-11-15/h7-11,14,16-17H,5-6,12-13H2,1-4H3. The third-order valence-corrected chi connectivity index (χ3v) is 3.66. The molecule has 2 unspecified atom stereocenters. The Labute approximate surface area is 112 Å². The number of hydrogen-bond donors (Lipinski definition) is 1. The molecule has 0 fully saturated rings. The third-order valence-electron chi connectivity index (χ3n) is 3.66. The number of nitrogens with one attached hydrogen (secondary N) is 1. The van der Waals surface area contributed by atoms with Crippen LogP contribution in [0.4, 0.5) is 0 Å². The van der Waals surface area contributed by atoms with Crippen molar-refractivity contribution in [2.75, 3.05) is 20.1 Å². The van der Waals surface area contributed by atoms with Gasteiger partial charge in [0.15, 0.2) is 0 Å². The summed E-state index contributed by atoms with van der Waals surface area (Å²) in [6, 6.07) is 11.8. The molecule has 2 nitrogen and oxygen atoms in total. The highest BCUT2D eigenvalue weighted by molar-refractivity contribution is 5.19. The highest BCUT2D eigenvalue weighted by atomic mass is 15.1. The summed E-state index contributed by atoms with van der Waals surface area (Å²) in [5.74, 6) is 0. The molecule has 0 aliphatic rings. The van der Waals surface area contributed by atoms with E-state index in [-0.39, 0.29) is 0 Å². The van der Waals surface area contributed by atoms with Crippen molar-refractivity contribution in [3.05, 3.63) is 35.9 Å². The number of nitrogens with zero attached hydrogens (tertiary/aromatic N) is 1. The summed E-state index contributed by atoms with van der Waals surface area (Å²) in [5, 5.41) is 3.65. The molecule has 2 heteroatoms. The van der Waals surface area contributed by atoms with Gasteiger partial charge >= 0.3 is 0 Å². The fourth-order valence-corrected chi connectivity index (χ4v) is 2.07. The van der Waals surface area contributed by atoms with E-state index in [4.69, 9.17) is 0 Å². The van der Waals surface area contributed by atoms with Gasteiger partial charge in [-0.3, -0.25) is 0 Å². The molecule has 0 bridgehead atoms. The molecule has 1 aromatic rings. The van der Waals surface area contributed by atoms with E-state index in [9.17, 15) is 0 Å². The monoisotopic (exact) mass is 248 g/mol. The van der Waals surface area contributed by atoms with Gasteiger partial charge in [-0.05, 0) is 38.9 Å². The largest absolute Gasteiger partial charge is 0.309 e. The summed E-state index contributed by atoms with van der Waals surface area (Å²) in [6.07, 6.45) is 2.38. The molecule has 2 atom stereocenters. The summed E-state index contributed by atoms with van der Waals surface area (Å²) in [5.41, 5.74) is 1.39. The van der Waals surface area contributed by atoms with Crippen molar-refractivity contribution < 1.29 is 0 Å². The zero-order valence-corrected chi connectivity index (χ0v) is 12.3. The minimum absolute atomic E-state index is 0.435. The van der Waals surface area contributed by atoms with E-state index in [2.05, 4.69) is 68.4 Å². The Kier molecular flexibility index (Phi) is 6.99. The lowest BCUT2D eigenvalue weighted by Crippen LogP contribution is -2.37. The zero-order valence-electron chi connectivity index (χ0n) is 12.3. The maximum atomic E-state index is 3.65. The zero-order chi connectivity index (χ0) is 13.4. The molecule has 1 rings (SSSR count). The van der Waals surface area contributed by atoms with Gasteiger partial charge in [0.25, 0.3) is 0 Å². The van der Waals surface area contributed by atoms with Crippen molar-refractivity contribution in [3.63, 3.8) is 0 Å². The van der Waals surface area contributed by atoms with Crippen LogP contribution in [0.25, 0.3) is 0 Å². The van der Waals surface area contributed by atoms with Gasteiger partial charge in [0.1, 0.15) is 0 Å². The van der Waals surface area contributed by atoms with E-state index in [0.29, 0.717) is 12.1 Å². The third kappa shape index (κ3) is 4.79. The van der Waals surface area contributed by atoms with E-state index < -0.39 is 0 Å². The smallest absolute Gasteiger partial charge is 0.0449 e. The van der Waals surface area contributed by atoms with Gasteiger partial charge in [-0.2, -0.15) is 0 Å². The summed E-state index contributed by atoms with van der Waals surface area (Å²) in [7, 11) is 2.22. The van der Waals surface area contributed by atoms with Crippen molar-refractivity contribution in [2.24, 2.45) is 0 Å². The second kappa shape index (κ2) is 8.28. The van der Waals surface area contributed by atoms with E-state index >= 15 is 0 Å². The Morgan fingerprint density at radius 2 is 1.83 bits per heavy atom. The summed E-state index contributed by atoms with van der Waals surface area (Å²) >= 11 is 0. The quantitative estimate of drug-likeness (QED) is 0.758. The normalized spacial score (nSPS) is 14.7. The lowest BCUT2D eigenvalue weighted by molar-refractivity contribution is 0.224. The van der Waals surface area contributed by atoms with E-state index in [1.165, 1.54) is 18.4 Å². The average Bonchev–Trinajstić information content (AvgIpc) is 2.43. The van der Waals surface area contributed by atoms with Gasteiger partial charge in [-0.1, -0.05) is 44.2 Å². The topological polar surface area (TPSA) is 15.3 Å². The molecule has 0 heterocycles. The lowest BCUT2D eigenvalue weighted by atomic mass is 10.1. The van der Waals surface area contributed by atoms with Crippen molar-refractivity contribution >= 4 is 0 Å². The van der Waals surface area contributed by atoms with Gasteiger partial charge in [0, 0.05) is 18.6 Å². The first-order chi connectivity index (χ1) is 8.69. The van der Waals surface area contributed by atoms with Crippen LogP contribution < -0.4 is 5.32 Å². The molecule has 0 aromatic heterocycles. The number of likely N-dealkylation sites (N-methyl/N-ethyl adjacent to an activating group) is 1. The second-order valence-corrected chi connectivity index (χ2v) is 5.11. The molecular weight excluding hydrogens is 220 g/mol. The summed E-state index contributed by atoms with van der Waals surface area (Å²) in [6.45, 7) is 8.90. The van der Waals surface area contributed by atoms with E-state index in [0.717, 1.165) is 13.1 Å². The molecule has 0 aliphatic heterocycles. The highest BCUT2D eigenvalue weighted by Gasteiger charge is 2.15. The predicted molar refractivity (Wildman–Crippen MR) is 79.9 cm³/mol. The van der Waals surface area contributed by atoms with E-state index in [1.807, 2.05) is 0 Å². The fraction of sp³-hybridized carbons (Fsp3) is 0.625. The van der Waals surface area contributed by atoms with Gasteiger partial charge < -0.3 is 10.2 Å². The van der Waals surface area contributed by atoms with Crippen LogP contribution in [0.15, 0.2) is 30.3 Å². The van der Waals surface area contributed by atoms with Crippen LogP contribution in [-0.4, -0.2) is 31.1 Å². The maximum absolute atomic E-state index is 3.65. The Bertz CT molecular complexity index is 310. The van der Waals surface area contributed by atoms with E-state index in [1.54, 1.807) is 0 Å². The van der Waals surface area contributed by atoms with Gasteiger partial charge in [0.05, 0.1) is 0 Å². The van der Waals surface area contributed by atoms with Crippen LogP contribution >= 0.6 is 0 Å². The van der Waals surface area contributed by atoms with Crippen molar-refractivity contribution in [2.45, 2.75) is 45.7 Å². The van der Waals surface area contributed by atoms with Crippen LogP contribution in [0.5, 0.6) is 0 Å². The number of rotatable bonds is 8. The maximum Gasteiger partial charge on any atom is 0.0449 e. The van der Waals surface area contributed by atoms with Gasteiger partial charge in [0.2, 0.25) is 0 Å². The average molecular weight is 248 g/mol. The molecular formula is C16H28N2. The first kappa shape index (κ1) is 15.2. The van der Waals surface area contributed by atoms with Crippen molar-refractivity contribution in [3.8, 4) is 0 Å². The molecule has 0 saturated heterocycles. The van der Waals surface area contributed by atoms with Crippen molar-refractivity contribution in [1.82, 2.24) is 10.2 Å². The summed E-state index contributed by atoms with van der Waals surface area (Å²) < 4.78 is 0.